The predicted molar refractivity (Wildman–Crippen MR) is 133 cm³/mol. The number of carbonyl (C=O) groups excluding carboxylic acids is 1. The Balaban J connectivity index is 1.31. The molecule has 2 aliphatic heterocycles. The summed E-state index contributed by atoms with van der Waals surface area (Å²) in [6.07, 6.45) is 0.814. The summed E-state index contributed by atoms with van der Waals surface area (Å²) in [6.45, 7) is 1.89. The fourth-order valence-corrected chi connectivity index (χ4v) is 7.39. The molecule has 2 aliphatic rings. The number of ether oxygens (including phenoxy) is 1. The Kier molecular flexibility index (Phi) is 8.14. The van der Waals surface area contributed by atoms with E-state index in [0.29, 0.717) is 55.4 Å². The van der Waals surface area contributed by atoms with Gasteiger partial charge in [0.15, 0.2) is 0 Å². The second kappa shape index (κ2) is 10.9. The van der Waals surface area contributed by atoms with Gasteiger partial charge in [-0.05, 0) is 54.8 Å². The summed E-state index contributed by atoms with van der Waals surface area (Å²) in [7, 11) is -7.12. The molecule has 0 aromatic heterocycles. The van der Waals surface area contributed by atoms with Crippen LogP contribution in [0, 0.1) is 5.92 Å². The number of rotatable bonds is 7. The van der Waals surface area contributed by atoms with Gasteiger partial charge in [-0.2, -0.15) is 4.31 Å². The van der Waals surface area contributed by atoms with Gasteiger partial charge >= 0.3 is 0 Å². The van der Waals surface area contributed by atoms with Crippen LogP contribution in [0.25, 0.3) is 0 Å². The van der Waals surface area contributed by atoms with Gasteiger partial charge in [-0.1, -0.05) is 23.7 Å². The molecular weight excluding hydrogens is 514 g/mol. The Morgan fingerprint density at radius 3 is 2.23 bits per heavy atom. The Morgan fingerprint density at radius 1 is 0.943 bits per heavy atom. The van der Waals surface area contributed by atoms with Gasteiger partial charge in [0.25, 0.3) is 0 Å². The number of anilines is 1. The van der Waals surface area contributed by atoms with Crippen LogP contribution in [0.5, 0.6) is 0 Å². The van der Waals surface area contributed by atoms with E-state index in [2.05, 4.69) is 5.32 Å². The number of piperidine rings is 1. The zero-order chi connectivity index (χ0) is 25.1. The molecule has 0 aliphatic carbocycles. The van der Waals surface area contributed by atoms with E-state index in [4.69, 9.17) is 16.3 Å². The largest absolute Gasteiger partial charge is 0.379 e. The highest BCUT2D eigenvalue weighted by Gasteiger charge is 2.31. The van der Waals surface area contributed by atoms with Crippen molar-refractivity contribution in [2.45, 2.75) is 23.5 Å². The van der Waals surface area contributed by atoms with E-state index in [-0.39, 0.29) is 35.6 Å². The molecule has 9 nitrogen and oxygen atoms in total. The van der Waals surface area contributed by atoms with Crippen molar-refractivity contribution in [2.75, 3.05) is 44.7 Å². The smallest absolute Gasteiger partial charge is 0.243 e. The molecule has 2 saturated heterocycles. The second-order valence-electron chi connectivity index (χ2n) is 8.59. The first-order chi connectivity index (χ1) is 16.6. The zero-order valence-corrected chi connectivity index (χ0v) is 21.5. The third kappa shape index (κ3) is 6.41. The molecule has 190 valence electrons. The SMILES string of the molecule is O=C(Nc1ccc(S(=O)(=O)N2CCOCC2)cc1)C1CCN(S(=O)(=O)Cc2cccc(Cl)c2)CC1. The highest BCUT2D eigenvalue weighted by molar-refractivity contribution is 7.89. The lowest BCUT2D eigenvalue weighted by molar-refractivity contribution is -0.120. The highest BCUT2D eigenvalue weighted by atomic mass is 35.5. The third-order valence-corrected chi connectivity index (χ3v) is 10.2. The first-order valence-electron chi connectivity index (χ1n) is 11.4. The summed E-state index contributed by atoms with van der Waals surface area (Å²) in [4.78, 5) is 12.9. The lowest BCUT2D eigenvalue weighted by Crippen LogP contribution is -2.41. The molecule has 4 rings (SSSR count). The summed E-state index contributed by atoms with van der Waals surface area (Å²) in [6, 6.07) is 12.9. The minimum Gasteiger partial charge on any atom is -0.379 e. The third-order valence-electron chi connectivity index (χ3n) is 6.19. The molecule has 2 aromatic carbocycles. The molecule has 1 N–H and O–H groups in total. The number of morpholine rings is 1. The normalized spacial score (nSPS) is 18.9. The number of amides is 1. The lowest BCUT2D eigenvalue weighted by Gasteiger charge is -2.30. The zero-order valence-electron chi connectivity index (χ0n) is 19.1. The molecule has 0 radical (unpaired) electrons. The molecule has 0 saturated carbocycles. The van der Waals surface area contributed by atoms with Crippen molar-refractivity contribution >= 4 is 43.2 Å². The standard InChI is InChI=1S/C23H28ClN3O6S2/c24-20-3-1-2-18(16-20)17-34(29,30)26-10-8-19(9-11-26)23(28)25-21-4-6-22(7-5-21)35(31,32)27-12-14-33-15-13-27/h1-7,16,19H,8-15,17H2,(H,25,28). The second-order valence-corrected chi connectivity index (χ2v) is 12.9. The van der Waals surface area contributed by atoms with Crippen LogP contribution < -0.4 is 5.32 Å². The van der Waals surface area contributed by atoms with Crippen LogP contribution in [0.1, 0.15) is 18.4 Å². The fraction of sp³-hybridized carbons (Fsp3) is 0.435. The van der Waals surface area contributed by atoms with Gasteiger partial charge in [0.05, 0.1) is 23.9 Å². The average molecular weight is 542 g/mol. The summed E-state index contributed by atoms with van der Waals surface area (Å²) < 4.78 is 59.1. The number of nitrogens with one attached hydrogen (secondary N) is 1. The van der Waals surface area contributed by atoms with Crippen LogP contribution in [-0.2, 0) is 35.3 Å². The van der Waals surface area contributed by atoms with Crippen LogP contribution in [0.2, 0.25) is 5.02 Å². The van der Waals surface area contributed by atoms with Crippen molar-refractivity contribution < 1.29 is 26.4 Å². The Hall–Kier alpha value is -2.02. The molecule has 0 atom stereocenters. The van der Waals surface area contributed by atoms with Gasteiger partial charge in [0, 0.05) is 42.8 Å². The summed E-state index contributed by atoms with van der Waals surface area (Å²) in [5.74, 6) is -0.672. The fourth-order valence-electron chi connectivity index (χ4n) is 4.22. The molecule has 1 amide bonds. The van der Waals surface area contributed by atoms with Crippen molar-refractivity contribution in [3.05, 3.63) is 59.1 Å². The van der Waals surface area contributed by atoms with E-state index in [1.807, 2.05) is 0 Å². The molecule has 2 aromatic rings. The number of hydrogen-bond acceptors (Lipinski definition) is 6. The summed E-state index contributed by atoms with van der Waals surface area (Å²) in [5, 5.41) is 3.31. The summed E-state index contributed by atoms with van der Waals surface area (Å²) >= 11 is 5.96. The van der Waals surface area contributed by atoms with E-state index in [1.54, 1.807) is 36.4 Å². The van der Waals surface area contributed by atoms with Gasteiger partial charge in [-0.15, -0.1) is 0 Å². The highest BCUT2D eigenvalue weighted by Crippen LogP contribution is 2.25. The van der Waals surface area contributed by atoms with Gasteiger partial charge in [0.2, 0.25) is 26.0 Å². The van der Waals surface area contributed by atoms with Crippen LogP contribution in [0.3, 0.4) is 0 Å². The minimum absolute atomic E-state index is 0.135. The molecule has 0 bridgehead atoms. The van der Waals surface area contributed by atoms with Crippen molar-refractivity contribution in [2.24, 2.45) is 5.92 Å². The van der Waals surface area contributed by atoms with Crippen LogP contribution in [0.15, 0.2) is 53.4 Å². The molecule has 35 heavy (non-hydrogen) atoms. The first-order valence-corrected chi connectivity index (χ1v) is 14.8. The molecule has 12 heteroatoms. The van der Waals surface area contributed by atoms with Crippen LogP contribution in [0.4, 0.5) is 5.69 Å². The average Bonchev–Trinajstić information content (AvgIpc) is 2.85. The van der Waals surface area contributed by atoms with E-state index < -0.39 is 20.0 Å². The Labute approximate surface area is 211 Å². The number of hydrogen-bond donors (Lipinski definition) is 1. The van der Waals surface area contributed by atoms with Gasteiger partial charge in [0.1, 0.15) is 0 Å². The van der Waals surface area contributed by atoms with E-state index >= 15 is 0 Å². The van der Waals surface area contributed by atoms with Crippen molar-refractivity contribution in [3.63, 3.8) is 0 Å². The quantitative estimate of drug-likeness (QED) is 0.576. The maximum absolute atomic E-state index is 12.8. The van der Waals surface area contributed by atoms with Gasteiger partial charge in [-0.3, -0.25) is 4.79 Å². The Bertz CT molecular complexity index is 1250. The Morgan fingerprint density at radius 2 is 1.60 bits per heavy atom. The van der Waals surface area contributed by atoms with Gasteiger partial charge < -0.3 is 10.1 Å². The molecular formula is C23H28ClN3O6S2. The number of benzene rings is 2. The van der Waals surface area contributed by atoms with Crippen molar-refractivity contribution in [3.8, 4) is 0 Å². The minimum atomic E-state index is -3.60. The van der Waals surface area contributed by atoms with Crippen molar-refractivity contribution in [1.29, 1.82) is 0 Å². The molecule has 2 fully saturated rings. The van der Waals surface area contributed by atoms with Crippen molar-refractivity contribution in [1.82, 2.24) is 8.61 Å². The first kappa shape index (κ1) is 26.1. The number of sulfonamides is 2. The topological polar surface area (TPSA) is 113 Å². The predicted octanol–water partition coefficient (Wildman–Crippen LogP) is 2.54. The number of nitrogens with zero attached hydrogens (tertiary/aromatic N) is 2. The van der Waals surface area contributed by atoms with Crippen LogP contribution >= 0.6 is 11.6 Å². The number of halogens is 1. The van der Waals surface area contributed by atoms with Crippen LogP contribution in [-0.4, -0.2) is 70.7 Å². The maximum atomic E-state index is 12.8. The van der Waals surface area contributed by atoms with E-state index in [9.17, 15) is 21.6 Å². The molecule has 0 spiro atoms. The summed E-state index contributed by atoms with van der Waals surface area (Å²) in [5.41, 5.74) is 1.11. The lowest BCUT2D eigenvalue weighted by atomic mass is 9.97. The van der Waals surface area contributed by atoms with E-state index in [0.717, 1.165) is 0 Å². The molecule has 0 unspecified atom stereocenters. The maximum Gasteiger partial charge on any atom is 0.243 e. The van der Waals surface area contributed by atoms with E-state index in [1.165, 1.54) is 20.7 Å². The number of carbonyl (C=O) groups is 1. The van der Waals surface area contributed by atoms with Gasteiger partial charge in [-0.25, -0.2) is 21.1 Å². The monoisotopic (exact) mass is 541 g/mol. The molecule has 2 heterocycles.